The van der Waals surface area contributed by atoms with Crippen molar-refractivity contribution in [1.29, 1.82) is 0 Å². The summed E-state index contributed by atoms with van der Waals surface area (Å²) in [6.07, 6.45) is 2.40. The Kier molecular flexibility index (Phi) is 11.9. The third-order valence-electron chi connectivity index (χ3n) is 5.34. The van der Waals surface area contributed by atoms with Crippen LogP contribution in [0.2, 0.25) is 15.1 Å². The molecule has 0 aliphatic heterocycles. The Balaban J connectivity index is 2.09. The number of carbonyl (C=O) groups is 2. The highest BCUT2D eigenvalue weighted by atomic mass is 35.5. The topological polar surface area (TPSA) is 49.4 Å². The van der Waals surface area contributed by atoms with Gasteiger partial charge >= 0.3 is 0 Å². The summed E-state index contributed by atoms with van der Waals surface area (Å²) in [5, 5.41) is 4.61. The van der Waals surface area contributed by atoms with Crippen molar-refractivity contribution in [2.24, 2.45) is 0 Å². The molecule has 0 fully saturated rings. The molecule has 0 aliphatic carbocycles. The summed E-state index contributed by atoms with van der Waals surface area (Å²) in [5.41, 5.74) is 0.836. The number of hydrogen-bond acceptors (Lipinski definition) is 3. The van der Waals surface area contributed by atoms with Crippen LogP contribution in [0.3, 0.4) is 0 Å². The molecule has 0 saturated carbocycles. The molecule has 2 rings (SSSR count). The van der Waals surface area contributed by atoms with Crippen LogP contribution in [0.25, 0.3) is 0 Å². The highest BCUT2D eigenvalue weighted by Crippen LogP contribution is 2.25. The van der Waals surface area contributed by atoms with E-state index in [1.807, 2.05) is 51.1 Å². The fraction of sp³-hybridized carbons (Fsp3) is 0.440. The molecule has 180 valence electrons. The number of hydrogen-bond donors (Lipinski definition) is 1. The summed E-state index contributed by atoms with van der Waals surface area (Å²) in [6.45, 7) is 6.20. The first-order chi connectivity index (χ1) is 15.7. The van der Waals surface area contributed by atoms with Crippen LogP contribution in [0, 0.1) is 0 Å². The lowest BCUT2D eigenvalue weighted by Crippen LogP contribution is -2.50. The molecule has 0 aliphatic rings. The number of rotatable bonds is 12. The van der Waals surface area contributed by atoms with Crippen LogP contribution in [0.1, 0.15) is 52.0 Å². The number of nitrogens with one attached hydrogen (secondary N) is 1. The van der Waals surface area contributed by atoms with Gasteiger partial charge in [-0.2, -0.15) is 0 Å². The van der Waals surface area contributed by atoms with Gasteiger partial charge in [-0.15, -0.1) is 11.8 Å². The van der Waals surface area contributed by atoms with E-state index in [0.29, 0.717) is 40.9 Å². The van der Waals surface area contributed by atoms with Gasteiger partial charge in [0, 0.05) is 28.9 Å². The van der Waals surface area contributed by atoms with Crippen LogP contribution >= 0.6 is 46.6 Å². The summed E-state index contributed by atoms with van der Waals surface area (Å²) in [7, 11) is 0. The number of carbonyl (C=O) groups excluding carboxylic acids is 2. The molecule has 2 unspecified atom stereocenters. The van der Waals surface area contributed by atoms with Crippen molar-refractivity contribution < 1.29 is 9.59 Å². The molecule has 2 atom stereocenters. The van der Waals surface area contributed by atoms with E-state index in [0.717, 1.165) is 22.6 Å². The van der Waals surface area contributed by atoms with E-state index in [-0.39, 0.29) is 17.9 Å². The van der Waals surface area contributed by atoms with Gasteiger partial charge in [-0.1, -0.05) is 54.7 Å². The first kappa shape index (κ1) is 27.8. The van der Waals surface area contributed by atoms with E-state index >= 15 is 0 Å². The number of halogens is 3. The first-order valence-corrected chi connectivity index (χ1v) is 13.3. The molecule has 2 aromatic carbocycles. The lowest BCUT2D eigenvalue weighted by atomic mass is 10.1. The summed E-state index contributed by atoms with van der Waals surface area (Å²) in [5.74, 6) is 0.615. The quantitative estimate of drug-likeness (QED) is 0.233. The molecule has 0 aromatic heterocycles. The van der Waals surface area contributed by atoms with E-state index in [4.69, 9.17) is 34.8 Å². The van der Waals surface area contributed by atoms with Gasteiger partial charge in [-0.05, 0) is 73.9 Å². The zero-order chi connectivity index (χ0) is 24.4. The summed E-state index contributed by atoms with van der Waals surface area (Å²) < 4.78 is 0. The fourth-order valence-electron chi connectivity index (χ4n) is 3.28. The van der Waals surface area contributed by atoms with Gasteiger partial charge in [-0.25, -0.2) is 0 Å². The Bertz CT molecular complexity index is 924. The van der Waals surface area contributed by atoms with Gasteiger partial charge < -0.3 is 10.2 Å². The van der Waals surface area contributed by atoms with E-state index in [1.165, 1.54) is 0 Å². The lowest BCUT2D eigenvalue weighted by molar-refractivity contribution is -0.141. The van der Waals surface area contributed by atoms with Crippen LogP contribution in [0.5, 0.6) is 0 Å². The van der Waals surface area contributed by atoms with Crippen molar-refractivity contribution in [1.82, 2.24) is 10.2 Å². The molecule has 2 amide bonds. The molecule has 2 aromatic rings. The molecule has 8 heteroatoms. The maximum absolute atomic E-state index is 13.3. The van der Waals surface area contributed by atoms with E-state index in [9.17, 15) is 9.59 Å². The second kappa shape index (κ2) is 14.1. The Hall–Kier alpha value is -1.40. The molecule has 1 N–H and O–H groups in total. The second-order valence-electron chi connectivity index (χ2n) is 7.92. The average molecular weight is 530 g/mol. The molecule has 4 nitrogen and oxygen atoms in total. The van der Waals surface area contributed by atoms with E-state index in [2.05, 4.69) is 5.32 Å². The monoisotopic (exact) mass is 528 g/mol. The first-order valence-electron chi connectivity index (χ1n) is 11.2. The molecule has 0 saturated heterocycles. The minimum atomic E-state index is -0.551. The predicted octanol–water partition coefficient (Wildman–Crippen LogP) is 7.24. The SMILES string of the molecule is CCC(C)NC(=O)C(CC)N(Cc1ccc(Cl)c(Cl)c1)C(=O)CCCSc1ccc(Cl)cc1. The van der Waals surface area contributed by atoms with E-state index in [1.54, 1.807) is 28.8 Å². The van der Waals surface area contributed by atoms with Crippen molar-refractivity contribution in [3.8, 4) is 0 Å². The molecule has 33 heavy (non-hydrogen) atoms. The summed E-state index contributed by atoms with van der Waals surface area (Å²) in [4.78, 5) is 29.0. The number of nitrogens with zero attached hydrogens (tertiary/aromatic N) is 1. The highest BCUT2D eigenvalue weighted by molar-refractivity contribution is 7.99. The molecule has 0 bridgehead atoms. The normalized spacial score (nSPS) is 12.8. The lowest BCUT2D eigenvalue weighted by Gasteiger charge is -2.31. The maximum atomic E-state index is 13.3. The smallest absolute Gasteiger partial charge is 0.243 e. The van der Waals surface area contributed by atoms with Crippen LogP contribution in [0.4, 0.5) is 0 Å². The zero-order valence-corrected chi connectivity index (χ0v) is 22.3. The Morgan fingerprint density at radius 2 is 1.70 bits per heavy atom. The minimum Gasteiger partial charge on any atom is -0.352 e. The summed E-state index contributed by atoms with van der Waals surface area (Å²) >= 11 is 19.9. The third kappa shape index (κ3) is 9.05. The largest absolute Gasteiger partial charge is 0.352 e. The highest BCUT2D eigenvalue weighted by Gasteiger charge is 2.29. The van der Waals surface area contributed by atoms with Crippen molar-refractivity contribution in [3.05, 3.63) is 63.1 Å². The Labute approximate surface area is 216 Å². The number of thioether (sulfide) groups is 1. The van der Waals surface area contributed by atoms with Crippen LogP contribution in [-0.2, 0) is 16.1 Å². The standard InChI is InChI=1S/C25H31Cl3N2O2S/c1-4-17(3)29-25(32)23(5-2)30(16-18-8-13-21(27)22(28)15-18)24(31)7-6-14-33-20-11-9-19(26)10-12-20/h8-13,15,17,23H,4-7,14,16H2,1-3H3,(H,29,32). The van der Waals surface area contributed by atoms with Gasteiger partial charge in [0.1, 0.15) is 6.04 Å². The van der Waals surface area contributed by atoms with Gasteiger partial charge in [0.15, 0.2) is 0 Å². The molecular formula is C25H31Cl3N2O2S. The van der Waals surface area contributed by atoms with Gasteiger partial charge in [0.2, 0.25) is 11.8 Å². The minimum absolute atomic E-state index is 0.0456. The number of amides is 2. The van der Waals surface area contributed by atoms with Crippen molar-refractivity contribution in [3.63, 3.8) is 0 Å². The third-order valence-corrected chi connectivity index (χ3v) is 7.43. The average Bonchev–Trinajstić information content (AvgIpc) is 2.79. The Morgan fingerprint density at radius 1 is 1.00 bits per heavy atom. The van der Waals surface area contributed by atoms with Gasteiger partial charge in [-0.3, -0.25) is 9.59 Å². The summed E-state index contributed by atoms with van der Waals surface area (Å²) in [6, 6.07) is 12.4. The Morgan fingerprint density at radius 3 is 2.30 bits per heavy atom. The number of benzene rings is 2. The van der Waals surface area contributed by atoms with Crippen molar-refractivity contribution in [2.75, 3.05) is 5.75 Å². The zero-order valence-electron chi connectivity index (χ0n) is 19.2. The van der Waals surface area contributed by atoms with Crippen molar-refractivity contribution in [2.45, 2.75) is 70.0 Å². The van der Waals surface area contributed by atoms with Gasteiger partial charge in [0.05, 0.1) is 10.0 Å². The van der Waals surface area contributed by atoms with Crippen LogP contribution in [-0.4, -0.2) is 34.6 Å². The van der Waals surface area contributed by atoms with Gasteiger partial charge in [0.25, 0.3) is 0 Å². The van der Waals surface area contributed by atoms with Crippen LogP contribution < -0.4 is 5.32 Å². The molecular weight excluding hydrogens is 499 g/mol. The second-order valence-corrected chi connectivity index (χ2v) is 10.3. The maximum Gasteiger partial charge on any atom is 0.243 e. The van der Waals surface area contributed by atoms with Crippen LogP contribution in [0.15, 0.2) is 47.4 Å². The molecule has 0 radical (unpaired) electrons. The molecule has 0 heterocycles. The van der Waals surface area contributed by atoms with E-state index < -0.39 is 6.04 Å². The molecule has 0 spiro atoms. The van der Waals surface area contributed by atoms with Crippen molar-refractivity contribution >= 4 is 58.4 Å². The fourth-order valence-corrected chi connectivity index (χ4v) is 4.58. The predicted molar refractivity (Wildman–Crippen MR) is 140 cm³/mol.